The predicted molar refractivity (Wildman–Crippen MR) is 79.9 cm³/mol. The van der Waals surface area contributed by atoms with E-state index in [0.717, 1.165) is 31.6 Å². The third-order valence-corrected chi connectivity index (χ3v) is 4.10. The topological polar surface area (TPSA) is 32.3 Å². The molecule has 0 radical (unpaired) electrons. The highest BCUT2D eigenvalue weighted by Gasteiger charge is 2.31. The maximum atomic E-state index is 12.5. The average molecular weight is 281 g/mol. The van der Waals surface area contributed by atoms with Crippen molar-refractivity contribution in [2.24, 2.45) is 5.92 Å². The molecule has 2 unspecified atom stereocenters. The Kier molecular flexibility index (Phi) is 4.48. The summed E-state index contributed by atoms with van der Waals surface area (Å²) in [6.45, 7) is 4.20. The smallest absolute Gasteiger partial charge is 0.227 e. The van der Waals surface area contributed by atoms with Crippen molar-refractivity contribution in [1.82, 2.24) is 5.32 Å². The van der Waals surface area contributed by atoms with Gasteiger partial charge in [-0.2, -0.15) is 0 Å². The van der Waals surface area contributed by atoms with Gasteiger partial charge in [-0.25, -0.2) is 0 Å². The Bertz CT molecular complexity index is 457. The number of anilines is 1. The van der Waals surface area contributed by atoms with E-state index in [9.17, 15) is 4.79 Å². The lowest BCUT2D eigenvalue weighted by atomic mass is 10.0. The number of hydrogen-bond donors (Lipinski definition) is 1. The van der Waals surface area contributed by atoms with Crippen LogP contribution in [0.1, 0.15) is 25.3 Å². The first kappa shape index (κ1) is 14.4. The Hall–Kier alpha value is -1.06. The number of benzene rings is 1. The Morgan fingerprint density at radius 3 is 2.95 bits per heavy atom. The molecule has 1 fully saturated rings. The second-order valence-electron chi connectivity index (χ2n) is 5.51. The molecule has 2 aliphatic rings. The van der Waals surface area contributed by atoms with Crippen LogP contribution in [0.3, 0.4) is 0 Å². The van der Waals surface area contributed by atoms with Crippen molar-refractivity contribution in [3.63, 3.8) is 0 Å². The SMILES string of the molecule is CC1Cc2ccccc2N1C(=O)CC1CCNC1.Cl. The monoisotopic (exact) mass is 280 g/mol. The van der Waals surface area contributed by atoms with Crippen LogP contribution in [0.5, 0.6) is 0 Å². The van der Waals surface area contributed by atoms with Gasteiger partial charge in [0.15, 0.2) is 0 Å². The molecule has 2 atom stereocenters. The Morgan fingerprint density at radius 2 is 2.21 bits per heavy atom. The van der Waals surface area contributed by atoms with Crippen LogP contribution >= 0.6 is 12.4 Å². The lowest BCUT2D eigenvalue weighted by Gasteiger charge is -2.24. The van der Waals surface area contributed by atoms with Gasteiger partial charge in [-0.05, 0) is 50.4 Å². The first-order valence-electron chi connectivity index (χ1n) is 6.86. The summed E-state index contributed by atoms with van der Waals surface area (Å²) in [5.74, 6) is 0.818. The summed E-state index contributed by atoms with van der Waals surface area (Å²) in [7, 11) is 0. The van der Waals surface area contributed by atoms with E-state index < -0.39 is 0 Å². The van der Waals surface area contributed by atoms with Crippen LogP contribution in [0, 0.1) is 5.92 Å². The van der Waals surface area contributed by atoms with Gasteiger partial charge < -0.3 is 10.2 Å². The van der Waals surface area contributed by atoms with Crippen LogP contribution in [0.4, 0.5) is 5.69 Å². The van der Waals surface area contributed by atoms with Crippen molar-refractivity contribution >= 4 is 24.0 Å². The number of carbonyl (C=O) groups is 1. The maximum absolute atomic E-state index is 12.5. The van der Waals surface area contributed by atoms with Gasteiger partial charge in [0.25, 0.3) is 0 Å². The average Bonchev–Trinajstić information content (AvgIpc) is 2.94. The highest BCUT2D eigenvalue weighted by atomic mass is 35.5. The molecule has 1 aromatic rings. The minimum atomic E-state index is 0. The lowest BCUT2D eigenvalue weighted by molar-refractivity contribution is -0.119. The normalized spacial score (nSPS) is 25.0. The van der Waals surface area contributed by atoms with E-state index in [1.54, 1.807) is 0 Å². The van der Waals surface area contributed by atoms with E-state index in [4.69, 9.17) is 0 Å². The molecular weight excluding hydrogens is 260 g/mol. The molecule has 2 heterocycles. The predicted octanol–water partition coefficient (Wildman–Crippen LogP) is 2.39. The van der Waals surface area contributed by atoms with Crippen LogP contribution in [0.25, 0.3) is 0 Å². The molecule has 1 aromatic carbocycles. The molecule has 3 rings (SSSR count). The fourth-order valence-corrected chi connectivity index (χ4v) is 3.18. The summed E-state index contributed by atoms with van der Waals surface area (Å²) >= 11 is 0. The van der Waals surface area contributed by atoms with Crippen LogP contribution in [0.2, 0.25) is 0 Å². The van der Waals surface area contributed by atoms with Gasteiger partial charge >= 0.3 is 0 Å². The molecule has 19 heavy (non-hydrogen) atoms. The zero-order chi connectivity index (χ0) is 12.5. The summed E-state index contributed by atoms with van der Waals surface area (Å²) in [5, 5.41) is 3.33. The van der Waals surface area contributed by atoms with Crippen LogP contribution in [0.15, 0.2) is 24.3 Å². The van der Waals surface area contributed by atoms with Crippen LogP contribution < -0.4 is 10.2 Å². The summed E-state index contributed by atoms with van der Waals surface area (Å²) < 4.78 is 0. The van der Waals surface area contributed by atoms with Gasteiger partial charge in [-0.15, -0.1) is 12.4 Å². The molecule has 0 aliphatic carbocycles. The molecule has 0 bridgehead atoms. The third kappa shape index (κ3) is 2.77. The molecule has 3 nitrogen and oxygen atoms in total. The fourth-order valence-electron chi connectivity index (χ4n) is 3.18. The van der Waals surface area contributed by atoms with E-state index in [1.807, 2.05) is 11.0 Å². The number of carbonyl (C=O) groups excluding carboxylic acids is 1. The van der Waals surface area contributed by atoms with Crippen molar-refractivity contribution in [2.45, 2.75) is 32.2 Å². The number of hydrogen-bond acceptors (Lipinski definition) is 2. The number of amides is 1. The molecule has 0 aromatic heterocycles. The van der Waals surface area contributed by atoms with E-state index in [0.29, 0.717) is 24.3 Å². The second kappa shape index (κ2) is 5.93. The minimum absolute atomic E-state index is 0. The highest BCUT2D eigenvalue weighted by Crippen LogP contribution is 2.33. The summed E-state index contributed by atoms with van der Waals surface area (Å²) in [6.07, 6.45) is 2.81. The summed E-state index contributed by atoms with van der Waals surface area (Å²) in [6, 6.07) is 8.60. The van der Waals surface area contributed by atoms with Crippen molar-refractivity contribution in [3.8, 4) is 0 Å². The van der Waals surface area contributed by atoms with E-state index in [1.165, 1.54) is 5.56 Å². The largest absolute Gasteiger partial charge is 0.316 e. The summed E-state index contributed by atoms with van der Waals surface area (Å²) in [4.78, 5) is 14.5. The molecule has 1 N–H and O–H groups in total. The summed E-state index contributed by atoms with van der Waals surface area (Å²) in [5.41, 5.74) is 2.43. The van der Waals surface area contributed by atoms with Gasteiger partial charge in [0.2, 0.25) is 5.91 Å². The third-order valence-electron chi connectivity index (χ3n) is 4.10. The van der Waals surface area contributed by atoms with Crippen LogP contribution in [-0.2, 0) is 11.2 Å². The molecule has 4 heteroatoms. The Morgan fingerprint density at radius 1 is 1.42 bits per heavy atom. The molecule has 104 valence electrons. The van der Waals surface area contributed by atoms with Gasteiger partial charge in [0.1, 0.15) is 0 Å². The van der Waals surface area contributed by atoms with Gasteiger partial charge in [0, 0.05) is 18.2 Å². The van der Waals surface area contributed by atoms with Gasteiger partial charge in [0.05, 0.1) is 0 Å². The Labute approximate surface area is 120 Å². The number of rotatable bonds is 2. The van der Waals surface area contributed by atoms with Crippen molar-refractivity contribution in [1.29, 1.82) is 0 Å². The van der Waals surface area contributed by atoms with Gasteiger partial charge in [-0.3, -0.25) is 4.79 Å². The highest BCUT2D eigenvalue weighted by molar-refractivity contribution is 5.96. The quantitative estimate of drug-likeness (QED) is 0.902. The molecular formula is C15H21ClN2O. The lowest BCUT2D eigenvalue weighted by Crippen LogP contribution is -2.37. The molecule has 0 spiro atoms. The number of para-hydroxylation sites is 1. The standard InChI is InChI=1S/C15H20N2O.ClH/c1-11-8-13-4-2-3-5-14(13)17(11)15(18)9-12-6-7-16-10-12;/h2-5,11-12,16H,6-10H2,1H3;1H. The second-order valence-corrected chi connectivity index (χ2v) is 5.51. The van der Waals surface area contributed by atoms with E-state index in [-0.39, 0.29) is 12.4 Å². The maximum Gasteiger partial charge on any atom is 0.227 e. The van der Waals surface area contributed by atoms with E-state index >= 15 is 0 Å². The van der Waals surface area contributed by atoms with Gasteiger partial charge in [-0.1, -0.05) is 18.2 Å². The molecule has 1 amide bonds. The van der Waals surface area contributed by atoms with Crippen LogP contribution in [-0.4, -0.2) is 25.0 Å². The number of fused-ring (bicyclic) bond motifs is 1. The van der Waals surface area contributed by atoms with Crippen molar-refractivity contribution < 1.29 is 4.79 Å². The van der Waals surface area contributed by atoms with Crippen molar-refractivity contribution in [3.05, 3.63) is 29.8 Å². The first-order valence-corrected chi connectivity index (χ1v) is 6.86. The zero-order valence-corrected chi connectivity index (χ0v) is 12.1. The van der Waals surface area contributed by atoms with Crippen molar-refractivity contribution in [2.75, 3.05) is 18.0 Å². The van der Waals surface area contributed by atoms with E-state index in [2.05, 4.69) is 30.4 Å². The molecule has 2 aliphatic heterocycles. The fraction of sp³-hybridized carbons (Fsp3) is 0.533. The molecule has 0 saturated carbocycles. The molecule has 1 saturated heterocycles. The minimum Gasteiger partial charge on any atom is -0.316 e. The number of nitrogens with one attached hydrogen (secondary N) is 1. The zero-order valence-electron chi connectivity index (χ0n) is 11.3. The number of nitrogens with zero attached hydrogens (tertiary/aromatic N) is 1. The Balaban J connectivity index is 0.00000133. The first-order chi connectivity index (χ1) is 8.75. The number of halogens is 1.